The highest BCUT2D eigenvalue weighted by molar-refractivity contribution is 7.62. The number of aromatic nitrogens is 2. The van der Waals surface area contributed by atoms with E-state index < -0.39 is 51.7 Å². The third-order valence-corrected chi connectivity index (χ3v) is 7.57. The minimum Gasteiger partial charge on any atom is -0.342 e. The van der Waals surface area contributed by atoms with Crippen LogP contribution in [0.15, 0.2) is 21.9 Å². The van der Waals surface area contributed by atoms with E-state index in [1.807, 2.05) is 32.4 Å². The largest absolute Gasteiger partial charge is 0.342 e. The van der Waals surface area contributed by atoms with E-state index in [1.54, 1.807) is 0 Å². The lowest BCUT2D eigenvalue weighted by atomic mass is 10.2. The Morgan fingerprint density at radius 2 is 1.97 bits per heavy atom. The second-order valence-electron chi connectivity index (χ2n) is 8.82. The second-order valence-corrected chi connectivity index (χ2v) is 13.6. The summed E-state index contributed by atoms with van der Waals surface area (Å²) in [4.78, 5) is 29.0. The quantitative estimate of drug-likeness (QED) is 0.253. The summed E-state index contributed by atoms with van der Waals surface area (Å²) in [6.45, 7) is 18.0. The molecule has 2 unspecified atom stereocenters. The Morgan fingerprint density at radius 3 is 2.50 bits per heavy atom. The molecule has 1 N–H and O–H groups in total. The molecule has 11 nitrogen and oxygen atoms in total. The zero-order valence-electron chi connectivity index (χ0n) is 20.2. The number of H-pyrrole nitrogens is 1. The summed E-state index contributed by atoms with van der Waals surface area (Å²) < 4.78 is 54.1. The monoisotopic (exact) mass is 522 g/mol. The number of nitrogens with zero attached hydrogens (tertiary/aromatic N) is 3. The fourth-order valence-corrected chi connectivity index (χ4v) is 5.56. The fraction of sp³-hybridized carbons (Fsp3) is 0.750. The zero-order chi connectivity index (χ0) is 25.6. The van der Waals surface area contributed by atoms with Gasteiger partial charge in [0.2, 0.25) is 6.54 Å². The van der Waals surface area contributed by atoms with Crippen LogP contribution in [0.3, 0.4) is 0 Å². The molecule has 2 rings (SSSR count). The number of rotatable bonds is 12. The minimum atomic E-state index is -2.64. The van der Waals surface area contributed by atoms with Crippen molar-refractivity contribution in [1.82, 2.24) is 14.2 Å². The molecule has 1 aromatic rings. The molecule has 1 aliphatic rings. The van der Waals surface area contributed by atoms with E-state index in [9.17, 15) is 14.2 Å². The van der Waals surface area contributed by atoms with Crippen LogP contribution in [-0.2, 0) is 23.1 Å². The zero-order valence-corrected chi connectivity index (χ0v) is 22.0. The molecule has 14 heteroatoms. The van der Waals surface area contributed by atoms with Gasteiger partial charge in [0.15, 0.2) is 24.8 Å². The molecule has 0 saturated carbocycles. The molecule has 1 fully saturated rings. The third-order valence-electron chi connectivity index (χ3n) is 4.67. The smallest absolute Gasteiger partial charge is 0.330 e. The summed E-state index contributed by atoms with van der Waals surface area (Å²) in [6.07, 6.45) is -4.99. The molecule has 192 valence electrons. The summed E-state index contributed by atoms with van der Waals surface area (Å²) in [7, 11) is -4.49. The van der Waals surface area contributed by atoms with Crippen LogP contribution in [0.5, 0.6) is 0 Å². The lowest BCUT2D eigenvalue weighted by molar-refractivity contribution is -0.164. The van der Waals surface area contributed by atoms with Crippen molar-refractivity contribution in [1.29, 1.82) is 0 Å². The van der Waals surface area contributed by atoms with Crippen LogP contribution >= 0.6 is 15.7 Å². The van der Waals surface area contributed by atoms with Crippen molar-refractivity contribution in [3.8, 4) is 0 Å². The van der Waals surface area contributed by atoms with E-state index in [2.05, 4.69) is 9.83 Å². The average molecular weight is 522 g/mol. The molecule has 0 spiro atoms. The maximum atomic E-state index is 15.7. The van der Waals surface area contributed by atoms with Gasteiger partial charge >= 0.3 is 5.69 Å². The van der Waals surface area contributed by atoms with Gasteiger partial charge in [-0.05, 0) is 41.0 Å². The van der Waals surface area contributed by atoms with Crippen LogP contribution in [0, 0.1) is 6.57 Å². The highest BCUT2D eigenvalue weighted by atomic mass is 31.2. The molecule has 5 atom stereocenters. The molecule has 0 aromatic carbocycles. The number of alkyl halides is 1. The van der Waals surface area contributed by atoms with Gasteiger partial charge < -0.3 is 27.9 Å². The molecule has 34 heavy (non-hydrogen) atoms. The number of hydrogen-bond acceptors (Lipinski definition) is 8. The first-order valence-electron chi connectivity index (χ1n) is 10.8. The van der Waals surface area contributed by atoms with Gasteiger partial charge in [0, 0.05) is 24.3 Å². The molecular weight excluding hydrogens is 489 g/mol. The Labute approximate surface area is 199 Å². The van der Waals surface area contributed by atoms with E-state index in [4.69, 9.17) is 25.1 Å². The fourth-order valence-electron chi connectivity index (χ4n) is 3.34. The van der Waals surface area contributed by atoms with Gasteiger partial charge in [0.25, 0.3) is 14.1 Å². The number of hydrogen-bond donors (Lipinski definition) is 1. The summed E-state index contributed by atoms with van der Waals surface area (Å²) in [5, 5.41) is 0. The van der Waals surface area contributed by atoms with Crippen LogP contribution in [0.25, 0.3) is 4.85 Å². The SMILES string of the molecule is [C-]#[N+]CCOP(OC1[C@@H](OCP(C)(C)=O)O[C@@H](n2ccc(=O)[nH]c2=O)[C@H]1F)N(C(C)C)C(C)C. The summed E-state index contributed by atoms with van der Waals surface area (Å²) in [6, 6.07) is 1.03. The molecule has 1 aromatic heterocycles. The Kier molecular flexibility index (Phi) is 10.6. The number of aromatic amines is 1. The normalized spacial score (nSPS) is 24.1. The standard InChI is InChI=1S/C20H33FN4O7P2/c1-13(2)25(14(3)4)33(30-11-9-22-5)32-17-16(21)18(24-10-8-15(26)23-20(24)27)31-19(17)29-12-34(6,7)28/h8,10,13-14,16-19H,9,11-12H2,1-4,6-7H3,(H,23,26,27)/t16-,17?,18+,19-,33?/m0/s1. The molecule has 0 amide bonds. The van der Waals surface area contributed by atoms with Crippen molar-refractivity contribution in [2.45, 2.75) is 64.6 Å². The van der Waals surface area contributed by atoms with E-state index in [0.29, 0.717) is 0 Å². The molecule has 0 bridgehead atoms. The number of ether oxygens (including phenoxy) is 2. The van der Waals surface area contributed by atoms with Crippen LogP contribution in [-0.4, -0.2) is 77.7 Å². The van der Waals surface area contributed by atoms with Crippen LogP contribution in [0.4, 0.5) is 4.39 Å². The molecule has 1 aliphatic heterocycles. The van der Waals surface area contributed by atoms with Crippen molar-refractivity contribution in [2.24, 2.45) is 0 Å². The number of halogens is 1. The van der Waals surface area contributed by atoms with Crippen molar-refractivity contribution in [3.05, 3.63) is 44.5 Å². The van der Waals surface area contributed by atoms with Crippen molar-refractivity contribution < 1.29 is 27.5 Å². The molecule has 0 radical (unpaired) electrons. The molecule has 0 aliphatic carbocycles. The van der Waals surface area contributed by atoms with Crippen LogP contribution < -0.4 is 11.2 Å². The lowest BCUT2D eigenvalue weighted by Gasteiger charge is -2.37. The highest BCUT2D eigenvalue weighted by Gasteiger charge is 2.50. The van der Waals surface area contributed by atoms with Crippen molar-refractivity contribution >= 4 is 15.7 Å². The molecular formula is C20H33FN4O7P2. The Hall–Kier alpha value is -1.44. The summed E-state index contributed by atoms with van der Waals surface area (Å²) >= 11 is 0. The maximum absolute atomic E-state index is 15.7. The molecule has 2 heterocycles. The summed E-state index contributed by atoms with van der Waals surface area (Å²) in [5.41, 5.74) is -1.48. The van der Waals surface area contributed by atoms with Crippen LogP contribution in [0.2, 0.25) is 0 Å². The van der Waals surface area contributed by atoms with Gasteiger partial charge in [0.1, 0.15) is 20.1 Å². The summed E-state index contributed by atoms with van der Waals surface area (Å²) in [5.74, 6) is 0. The predicted molar refractivity (Wildman–Crippen MR) is 127 cm³/mol. The maximum Gasteiger partial charge on any atom is 0.330 e. The first-order chi connectivity index (χ1) is 15.9. The lowest BCUT2D eigenvalue weighted by Crippen LogP contribution is -2.39. The average Bonchev–Trinajstić information content (AvgIpc) is 3.01. The van der Waals surface area contributed by atoms with E-state index in [1.165, 1.54) is 13.3 Å². The first kappa shape index (κ1) is 28.8. The number of nitrogens with one attached hydrogen (secondary N) is 1. The highest BCUT2D eigenvalue weighted by Crippen LogP contribution is 2.51. The van der Waals surface area contributed by atoms with Gasteiger partial charge in [-0.2, -0.15) is 0 Å². The van der Waals surface area contributed by atoms with Gasteiger partial charge in [-0.15, -0.1) is 0 Å². The van der Waals surface area contributed by atoms with Crippen molar-refractivity contribution in [2.75, 3.05) is 32.8 Å². The van der Waals surface area contributed by atoms with Gasteiger partial charge in [0.05, 0.1) is 0 Å². The van der Waals surface area contributed by atoms with Crippen LogP contribution in [0.1, 0.15) is 33.9 Å². The van der Waals surface area contributed by atoms with E-state index in [-0.39, 0.29) is 31.6 Å². The first-order valence-corrected chi connectivity index (χ1v) is 14.7. The Bertz CT molecular complexity index is 998. The van der Waals surface area contributed by atoms with Gasteiger partial charge in [-0.1, -0.05) is 0 Å². The van der Waals surface area contributed by atoms with Crippen molar-refractivity contribution in [3.63, 3.8) is 0 Å². The Morgan fingerprint density at radius 1 is 1.32 bits per heavy atom. The molecule has 1 saturated heterocycles. The third kappa shape index (κ3) is 7.79. The van der Waals surface area contributed by atoms with Gasteiger partial charge in [-0.25, -0.2) is 20.4 Å². The predicted octanol–water partition coefficient (Wildman–Crippen LogP) is 2.99. The van der Waals surface area contributed by atoms with Gasteiger partial charge in [-0.3, -0.25) is 14.3 Å². The minimum absolute atomic E-state index is 0.0251. The Balaban J connectivity index is 2.39. The topological polar surface area (TPSA) is 116 Å². The second kappa shape index (κ2) is 12.5. The van der Waals surface area contributed by atoms with E-state index in [0.717, 1.165) is 16.8 Å². The van der Waals surface area contributed by atoms with E-state index >= 15 is 4.39 Å².